The van der Waals surface area contributed by atoms with E-state index in [9.17, 15) is 17.6 Å². The van der Waals surface area contributed by atoms with Crippen LogP contribution in [0, 0.1) is 11.7 Å². The van der Waals surface area contributed by atoms with Crippen molar-refractivity contribution in [2.75, 3.05) is 25.2 Å². The lowest BCUT2D eigenvalue weighted by Gasteiger charge is -2.10. The fraction of sp³-hybridized carbons (Fsp3) is 0.438. The van der Waals surface area contributed by atoms with E-state index >= 15 is 0 Å². The number of fused-ring (bicyclic) bond motifs is 1. The van der Waals surface area contributed by atoms with Crippen molar-refractivity contribution in [3.8, 4) is 0 Å². The molecule has 1 aromatic carbocycles. The average molecular weight is 371 g/mol. The van der Waals surface area contributed by atoms with Crippen LogP contribution in [0.15, 0.2) is 18.2 Å². The van der Waals surface area contributed by atoms with Crippen LogP contribution in [0.2, 0.25) is 0 Å². The van der Waals surface area contributed by atoms with Crippen molar-refractivity contribution in [2.24, 2.45) is 5.92 Å². The number of hydrogen-bond acceptors (Lipinski definition) is 5. The molecule has 2 heterocycles. The largest absolute Gasteiger partial charge is 0.380 e. The molecule has 1 aliphatic heterocycles. The standard InChI is InChI=1S/C16H18FNO4S2/c1-22-8-11-14-12(17)3-2-4-13(14)23-15(11)16(19)18-7-10-5-6-24(20,21)9-10/h2-4,10H,5-9H2,1H3,(H,18,19). The van der Waals surface area contributed by atoms with Gasteiger partial charge in [0.15, 0.2) is 9.84 Å². The van der Waals surface area contributed by atoms with Gasteiger partial charge < -0.3 is 10.1 Å². The van der Waals surface area contributed by atoms with E-state index in [4.69, 9.17) is 4.74 Å². The first kappa shape index (κ1) is 17.3. The number of hydrogen-bond donors (Lipinski definition) is 1. The number of benzene rings is 1. The highest BCUT2D eigenvalue weighted by Gasteiger charge is 2.28. The summed E-state index contributed by atoms with van der Waals surface area (Å²) in [5.41, 5.74) is 0.534. The van der Waals surface area contributed by atoms with Gasteiger partial charge in [-0.2, -0.15) is 0 Å². The van der Waals surface area contributed by atoms with E-state index in [1.807, 2.05) is 0 Å². The van der Waals surface area contributed by atoms with Crippen molar-refractivity contribution in [2.45, 2.75) is 13.0 Å². The van der Waals surface area contributed by atoms with Gasteiger partial charge in [-0.15, -0.1) is 11.3 Å². The SMILES string of the molecule is COCc1c(C(=O)NCC2CCS(=O)(=O)C2)sc2cccc(F)c12. The predicted molar refractivity (Wildman–Crippen MR) is 91.6 cm³/mol. The second kappa shape index (κ2) is 6.78. The van der Waals surface area contributed by atoms with Crippen LogP contribution in [0.25, 0.3) is 10.1 Å². The van der Waals surface area contributed by atoms with Crippen LogP contribution in [0.1, 0.15) is 21.7 Å². The lowest BCUT2D eigenvalue weighted by atomic mass is 10.1. The van der Waals surface area contributed by atoms with Gasteiger partial charge >= 0.3 is 0 Å². The van der Waals surface area contributed by atoms with Gasteiger partial charge in [0.2, 0.25) is 0 Å². The summed E-state index contributed by atoms with van der Waals surface area (Å²) in [5.74, 6) is -0.463. The predicted octanol–water partition coefficient (Wildman–Crippen LogP) is 2.35. The Bertz CT molecular complexity index is 876. The molecule has 1 amide bonds. The molecular formula is C16H18FNO4S2. The van der Waals surface area contributed by atoms with Crippen LogP contribution in [-0.2, 0) is 21.2 Å². The normalized spacial score (nSPS) is 19.7. The van der Waals surface area contributed by atoms with Gasteiger partial charge in [-0.25, -0.2) is 12.8 Å². The zero-order valence-electron chi connectivity index (χ0n) is 13.2. The Morgan fingerprint density at radius 3 is 2.92 bits per heavy atom. The first-order chi connectivity index (χ1) is 11.4. The molecule has 0 radical (unpaired) electrons. The van der Waals surface area contributed by atoms with Crippen molar-refractivity contribution in [3.63, 3.8) is 0 Å². The number of ether oxygens (including phenoxy) is 1. The third-order valence-electron chi connectivity index (χ3n) is 4.14. The molecule has 8 heteroatoms. The number of thiophene rings is 1. The highest BCUT2D eigenvalue weighted by atomic mass is 32.2. The van der Waals surface area contributed by atoms with E-state index in [0.29, 0.717) is 33.5 Å². The summed E-state index contributed by atoms with van der Waals surface area (Å²) in [5, 5.41) is 3.20. The van der Waals surface area contributed by atoms with Crippen LogP contribution in [-0.4, -0.2) is 39.5 Å². The Kier molecular flexibility index (Phi) is 4.89. The lowest BCUT2D eigenvalue weighted by molar-refractivity contribution is 0.0948. The molecule has 0 saturated carbocycles. The van der Waals surface area contributed by atoms with Gasteiger partial charge in [0.25, 0.3) is 5.91 Å². The fourth-order valence-electron chi connectivity index (χ4n) is 2.98. The zero-order chi connectivity index (χ0) is 17.3. The summed E-state index contributed by atoms with van der Waals surface area (Å²) in [6.45, 7) is 0.447. The van der Waals surface area contributed by atoms with Crippen LogP contribution >= 0.6 is 11.3 Å². The van der Waals surface area contributed by atoms with E-state index in [2.05, 4.69) is 5.32 Å². The Balaban J connectivity index is 1.82. The molecule has 1 aliphatic rings. The Labute approximate surface area is 143 Å². The minimum Gasteiger partial charge on any atom is -0.380 e. The Morgan fingerprint density at radius 1 is 1.46 bits per heavy atom. The van der Waals surface area contributed by atoms with Crippen LogP contribution < -0.4 is 5.32 Å². The summed E-state index contributed by atoms with van der Waals surface area (Å²) in [7, 11) is -1.47. The maximum Gasteiger partial charge on any atom is 0.261 e. The van der Waals surface area contributed by atoms with Crippen LogP contribution in [0.3, 0.4) is 0 Å². The van der Waals surface area contributed by atoms with Crippen molar-refractivity contribution < 1.29 is 22.3 Å². The molecule has 0 aliphatic carbocycles. The molecule has 0 bridgehead atoms. The number of sulfone groups is 1. The van der Waals surface area contributed by atoms with Gasteiger partial charge in [-0.1, -0.05) is 6.07 Å². The van der Waals surface area contributed by atoms with Crippen LogP contribution in [0.4, 0.5) is 4.39 Å². The maximum atomic E-state index is 14.1. The second-order valence-corrected chi connectivity index (χ2v) is 9.22. The number of carbonyl (C=O) groups is 1. The number of carbonyl (C=O) groups excluding carboxylic acids is 1. The molecule has 1 saturated heterocycles. The summed E-state index contributed by atoms with van der Waals surface area (Å²) in [4.78, 5) is 12.9. The molecule has 1 unspecified atom stereocenters. The number of amides is 1. The van der Waals surface area contributed by atoms with Crippen LogP contribution in [0.5, 0.6) is 0 Å². The van der Waals surface area contributed by atoms with Gasteiger partial charge in [-0.05, 0) is 24.5 Å². The lowest BCUT2D eigenvalue weighted by Crippen LogP contribution is -2.29. The zero-order valence-corrected chi connectivity index (χ0v) is 14.8. The molecule has 1 atom stereocenters. The molecule has 5 nitrogen and oxygen atoms in total. The molecule has 1 N–H and O–H groups in total. The molecule has 1 fully saturated rings. The van der Waals surface area contributed by atoms with Gasteiger partial charge in [0, 0.05) is 29.3 Å². The molecule has 2 aromatic rings. The van der Waals surface area contributed by atoms with Crippen molar-refractivity contribution >= 4 is 37.2 Å². The van der Waals surface area contributed by atoms with E-state index < -0.39 is 9.84 Å². The number of halogens is 1. The molecule has 1 aromatic heterocycles. The average Bonchev–Trinajstić information content (AvgIpc) is 3.07. The molecule has 0 spiro atoms. The molecule has 3 rings (SSSR count). The molecule has 130 valence electrons. The highest BCUT2D eigenvalue weighted by molar-refractivity contribution is 7.91. The Morgan fingerprint density at radius 2 is 2.25 bits per heavy atom. The maximum absolute atomic E-state index is 14.1. The number of methoxy groups -OCH3 is 1. The first-order valence-electron chi connectivity index (χ1n) is 7.58. The van der Waals surface area contributed by atoms with Crippen molar-refractivity contribution in [1.82, 2.24) is 5.32 Å². The molecule has 24 heavy (non-hydrogen) atoms. The van der Waals surface area contributed by atoms with Crippen molar-refractivity contribution in [1.29, 1.82) is 0 Å². The van der Waals surface area contributed by atoms with Gasteiger partial charge in [0.1, 0.15) is 5.82 Å². The summed E-state index contributed by atoms with van der Waals surface area (Å²) in [6, 6.07) is 4.73. The Hall–Kier alpha value is -1.51. The number of nitrogens with one attached hydrogen (secondary N) is 1. The second-order valence-electron chi connectivity index (χ2n) is 5.93. The summed E-state index contributed by atoms with van der Waals surface area (Å²) >= 11 is 1.22. The highest BCUT2D eigenvalue weighted by Crippen LogP contribution is 2.33. The topological polar surface area (TPSA) is 72.5 Å². The number of rotatable bonds is 5. The summed E-state index contributed by atoms with van der Waals surface area (Å²) < 4.78 is 42.9. The minimum atomic E-state index is -2.97. The fourth-order valence-corrected chi connectivity index (χ4v) is 5.98. The van der Waals surface area contributed by atoms with E-state index in [1.165, 1.54) is 24.5 Å². The minimum absolute atomic E-state index is 0.0593. The van der Waals surface area contributed by atoms with Gasteiger partial charge in [0.05, 0.1) is 23.0 Å². The third kappa shape index (κ3) is 3.45. The first-order valence-corrected chi connectivity index (χ1v) is 10.2. The molecular weight excluding hydrogens is 353 g/mol. The third-order valence-corrected chi connectivity index (χ3v) is 7.17. The van der Waals surface area contributed by atoms with E-state index in [1.54, 1.807) is 12.1 Å². The monoisotopic (exact) mass is 371 g/mol. The van der Waals surface area contributed by atoms with E-state index in [0.717, 1.165) is 0 Å². The van der Waals surface area contributed by atoms with Crippen molar-refractivity contribution in [3.05, 3.63) is 34.5 Å². The van der Waals surface area contributed by atoms with Gasteiger partial charge in [-0.3, -0.25) is 4.79 Å². The summed E-state index contributed by atoms with van der Waals surface area (Å²) in [6.07, 6.45) is 0.564. The smallest absolute Gasteiger partial charge is 0.261 e. The quantitative estimate of drug-likeness (QED) is 0.876. The van der Waals surface area contributed by atoms with E-state index in [-0.39, 0.29) is 35.8 Å².